The lowest BCUT2D eigenvalue weighted by molar-refractivity contribution is 0.102. The molecule has 3 heterocycles. The molecule has 0 aliphatic rings. The Morgan fingerprint density at radius 1 is 1.09 bits per heavy atom. The minimum atomic E-state index is -0.235. The summed E-state index contributed by atoms with van der Waals surface area (Å²) in [7, 11) is 1.58. The average molecular weight is 460 g/mol. The molecule has 4 aromatic rings. The zero-order valence-corrected chi connectivity index (χ0v) is 20.1. The van der Waals surface area contributed by atoms with Gasteiger partial charge in [0.05, 0.1) is 24.3 Å². The van der Waals surface area contributed by atoms with Gasteiger partial charge in [0.25, 0.3) is 5.91 Å². The van der Waals surface area contributed by atoms with Crippen molar-refractivity contribution in [1.82, 2.24) is 19.7 Å². The van der Waals surface area contributed by atoms with Crippen molar-refractivity contribution in [2.45, 2.75) is 46.3 Å². The zero-order chi connectivity index (χ0) is 24.2. The van der Waals surface area contributed by atoms with Crippen molar-refractivity contribution in [2.24, 2.45) is 0 Å². The van der Waals surface area contributed by atoms with Gasteiger partial charge in [0, 0.05) is 41.4 Å². The fourth-order valence-corrected chi connectivity index (χ4v) is 3.61. The van der Waals surface area contributed by atoms with E-state index in [1.807, 2.05) is 36.7 Å². The molecule has 1 aromatic carbocycles. The first-order chi connectivity index (χ1) is 16.4. The van der Waals surface area contributed by atoms with Gasteiger partial charge in [0.2, 0.25) is 0 Å². The maximum atomic E-state index is 13.4. The van der Waals surface area contributed by atoms with Crippen LogP contribution in [0.25, 0.3) is 11.0 Å². The molecule has 0 radical (unpaired) electrons. The first-order valence-corrected chi connectivity index (χ1v) is 11.3. The summed E-state index contributed by atoms with van der Waals surface area (Å²) < 4.78 is 13.2. The number of nitrogens with one attached hydrogen (secondary N) is 1. The third-order valence-corrected chi connectivity index (χ3v) is 5.45. The number of benzene rings is 1. The maximum Gasteiger partial charge on any atom is 0.256 e. The third kappa shape index (κ3) is 4.85. The Hall–Kier alpha value is -3.94. The van der Waals surface area contributed by atoms with Gasteiger partial charge in [-0.3, -0.25) is 9.78 Å². The predicted octanol–water partition coefficient (Wildman–Crippen LogP) is 5.37. The van der Waals surface area contributed by atoms with Gasteiger partial charge < -0.3 is 14.8 Å². The van der Waals surface area contributed by atoms with Crippen molar-refractivity contribution in [3.05, 3.63) is 71.8 Å². The van der Waals surface area contributed by atoms with Crippen molar-refractivity contribution >= 4 is 22.6 Å². The highest BCUT2D eigenvalue weighted by atomic mass is 16.5. The van der Waals surface area contributed by atoms with Crippen LogP contribution in [0.1, 0.15) is 61.3 Å². The summed E-state index contributed by atoms with van der Waals surface area (Å²) in [6.45, 7) is 8.53. The Balaban J connectivity index is 1.63. The molecular weight excluding hydrogens is 430 g/mol. The molecule has 3 aromatic heterocycles. The number of hydrogen-bond donors (Lipinski definition) is 1. The van der Waals surface area contributed by atoms with E-state index in [1.165, 1.54) is 0 Å². The number of rotatable bonds is 8. The van der Waals surface area contributed by atoms with E-state index >= 15 is 0 Å². The highest BCUT2D eigenvalue weighted by Crippen LogP contribution is 2.32. The van der Waals surface area contributed by atoms with Gasteiger partial charge in [-0.25, -0.2) is 9.67 Å². The van der Waals surface area contributed by atoms with Crippen molar-refractivity contribution in [1.29, 1.82) is 0 Å². The number of nitrogens with zero attached hydrogens (tertiary/aromatic N) is 4. The number of hydrogen-bond acceptors (Lipinski definition) is 6. The number of pyridine rings is 2. The number of amides is 1. The zero-order valence-electron chi connectivity index (χ0n) is 20.1. The van der Waals surface area contributed by atoms with E-state index in [9.17, 15) is 4.79 Å². The maximum absolute atomic E-state index is 13.4. The largest absolute Gasteiger partial charge is 0.493 e. The smallest absolute Gasteiger partial charge is 0.256 e. The molecule has 0 aliphatic carbocycles. The van der Waals surface area contributed by atoms with Crippen molar-refractivity contribution in [2.75, 3.05) is 12.4 Å². The second kappa shape index (κ2) is 9.91. The second-order valence-corrected chi connectivity index (χ2v) is 8.64. The van der Waals surface area contributed by atoms with E-state index in [0.29, 0.717) is 35.0 Å². The van der Waals surface area contributed by atoms with Crippen molar-refractivity contribution in [3.63, 3.8) is 0 Å². The summed E-state index contributed by atoms with van der Waals surface area (Å²) in [5.74, 6) is 1.04. The Bertz CT molecular complexity index is 1300. The van der Waals surface area contributed by atoms with E-state index in [4.69, 9.17) is 14.5 Å². The molecule has 0 bridgehead atoms. The molecule has 8 nitrogen and oxygen atoms in total. The summed E-state index contributed by atoms with van der Waals surface area (Å²) in [6.07, 6.45) is 5.17. The number of carbonyl (C=O) groups is 1. The normalized spacial score (nSPS) is 11.3. The summed E-state index contributed by atoms with van der Waals surface area (Å²) in [5.41, 5.74) is 3.62. The fraction of sp³-hybridized carbons (Fsp3) is 0.308. The van der Waals surface area contributed by atoms with Crippen molar-refractivity contribution < 1.29 is 14.3 Å². The molecule has 0 aliphatic heterocycles. The van der Waals surface area contributed by atoms with Gasteiger partial charge in [-0.15, -0.1) is 0 Å². The third-order valence-electron chi connectivity index (χ3n) is 5.45. The monoisotopic (exact) mass is 459 g/mol. The Morgan fingerprint density at radius 3 is 2.59 bits per heavy atom. The lowest BCUT2D eigenvalue weighted by Crippen LogP contribution is -2.14. The van der Waals surface area contributed by atoms with Crippen LogP contribution in [0.5, 0.6) is 11.5 Å². The van der Waals surface area contributed by atoms with Gasteiger partial charge in [-0.2, -0.15) is 5.10 Å². The topological polar surface area (TPSA) is 91.2 Å². The Kier molecular flexibility index (Phi) is 6.77. The number of methoxy groups -OCH3 is 1. The summed E-state index contributed by atoms with van der Waals surface area (Å²) in [5, 5.41) is 8.18. The molecule has 0 saturated carbocycles. The van der Waals surface area contributed by atoms with Gasteiger partial charge in [0.15, 0.2) is 17.1 Å². The summed E-state index contributed by atoms with van der Waals surface area (Å²) in [6, 6.07) is 11.1. The number of carbonyl (C=O) groups excluding carboxylic acids is 1. The number of anilines is 1. The molecule has 0 unspecified atom stereocenters. The first-order valence-electron chi connectivity index (χ1n) is 11.3. The second-order valence-electron chi connectivity index (χ2n) is 8.64. The predicted molar refractivity (Wildman–Crippen MR) is 132 cm³/mol. The van der Waals surface area contributed by atoms with E-state index in [-0.39, 0.29) is 17.9 Å². The fourth-order valence-electron chi connectivity index (χ4n) is 3.61. The van der Waals surface area contributed by atoms with Crippen LogP contribution >= 0.6 is 0 Å². The van der Waals surface area contributed by atoms with Crippen LogP contribution in [0.2, 0.25) is 0 Å². The van der Waals surface area contributed by atoms with Crippen LogP contribution < -0.4 is 14.8 Å². The molecule has 34 heavy (non-hydrogen) atoms. The number of aromatic nitrogens is 4. The standard InChI is InChI=1S/C26H29N5O3/c1-16(2)22-12-20(21-14-28-31(17(3)4)25(21)30-22)26(32)29-19-8-9-23(33-5)24(11-19)34-15-18-7-6-10-27-13-18/h6-14,16-17H,15H2,1-5H3,(H,29,32). The van der Waals surface area contributed by atoms with Crippen LogP contribution in [-0.4, -0.2) is 32.8 Å². The molecule has 0 fully saturated rings. The average Bonchev–Trinajstić information content (AvgIpc) is 3.27. The molecule has 1 N–H and O–H groups in total. The van der Waals surface area contributed by atoms with E-state index in [2.05, 4.69) is 29.2 Å². The lowest BCUT2D eigenvalue weighted by atomic mass is 10.0. The molecule has 1 amide bonds. The summed E-state index contributed by atoms with van der Waals surface area (Å²) in [4.78, 5) is 22.3. The lowest BCUT2D eigenvalue weighted by Gasteiger charge is -2.14. The van der Waals surface area contributed by atoms with E-state index in [0.717, 1.165) is 16.6 Å². The highest BCUT2D eigenvalue weighted by Gasteiger charge is 2.19. The van der Waals surface area contributed by atoms with Gasteiger partial charge in [-0.1, -0.05) is 19.9 Å². The van der Waals surface area contributed by atoms with Crippen LogP contribution in [0, 0.1) is 0 Å². The summed E-state index contributed by atoms with van der Waals surface area (Å²) >= 11 is 0. The quantitative estimate of drug-likeness (QED) is 0.381. The molecule has 0 saturated heterocycles. The van der Waals surface area contributed by atoms with Gasteiger partial charge in [-0.05, 0) is 44.0 Å². The van der Waals surface area contributed by atoms with Crippen LogP contribution in [-0.2, 0) is 6.61 Å². The molecule has 0 atom stereocenters. The minimum Gasteiger partial charge on any atom is -0.493 e. The SMILES string of the molecule is COc1ccc(NC(=O)c2cc(C(C)C)nc3c2cnn3C(C)C)cc1OCc1cccnc1. The van der Waals surface area contributed by atoms with Crippen LogP contribution in [0.3, 0.4) is 0 Å². The molecule has 8 heteroatoms. The van der Waals surface area contributed by atoms with Crippen LogP contribution in [0.15, 0.2) is 55.0 Å². The van der Waals surface area contributed by atoms with E-state index in [1.54, 1.807) is 43.9 Å². The number of fused-ring (bicyclic) bond motifs is 1. The van der Waals surface area contributed by atoms with Crippen molar-refractivity contribution in [3.8, 4) is 11.5 Å². The van der Waals surface area contributed by atoms with Crippen LogP contribution in [0.4, 0.5) is 5.69 Å². The molecule has 4 rings (SSSR count). The van der Waals surface area contributed by atoms with Gasteiger partial charge in [0.1, 0.15) is 6.61 Å². The Morgan fingerprint density at radius 2 is 1.91 bits per heavy atom. The van der Waals surface area contributed by atoms with Gasteiger partial charge >= 0.3 is 0 Å². The van der Waals surface area contributed by atoms with E-state index < -0.39 is 0 Å². The first kappa shape index (κ1) is 23.2. The Labute approximate surface area is 198 Å². The molecule has 0 spiro atoms. The minimum absolute atomic E-state index is 0.129. The highest BCUT2D eigenvalue weighted by molar-refractivity contribution is 6.12. The molecule has 176 valence electrons. The number of ether oxygens (including phenoxy) is 2. The molecular formula is C26H29N5O3.